The summed E-state index contributed by atoms with van der Waals surface area (Å²) in [6.45, 7) is 6.31. The summed E-state index contributed by atoms with van der Waals surface area (Å²) in [7, 11) is -4.44. The molecule has 1 heterocycles. The maximum atomic E-state index is 12.4. The first-order valence-corrected chi connectivity index (χ1v) is 13.4. The predicted molar refractivity (Wildman–Crippen MR) is 144 cm³/mol. The van der Waals surface area contributed by atoms with E-state index < -0.39 is 10.1 Å². The van der Waals surface area contributed by atoms with E-state index in [0.29, 0.717) is 5.69 Å². The number of anilines is 1. The van der Waals surface area contributed by atoms with Gasteiger partial charge < -0.3 is 0 Å². The molecule has 5 rings (SSSR count). The van der Waals surface area contributed by atoms with Gasteiger partial charge in [-0.3, -0.25) is 4.55 Å². The SMILES string of the molecule is Cc1cc(C)c([N+]2=CN(c3ccccc3S(=O)(=O)O)[C@@H](c3ccccc3)[C@@H]2c2ccccc2)c(C)c1. The summed E-state index contributed by atoms with van der Waals surface area (Å²) in [5, 5.41) is 0. The summed E-state index contributed by atoms with van der Waals surface area (Å²) in [5.41, 5.74) is 7.13. The van der Waals surface area contributed by atoms with Gasteiger partial charge in [0.05, 0.1) is 0 Å². The number of nitrogens with zero attached hydrogens (tertiary/aromatic N) is 2. The summed E-state index contributed by atoms with van der Waals surface area (Å²) in [6, 6.07) is 30.9. The van der Waals surface area contributed by atoms with Gasteiger partial charge >= 0.3 is 0 Å². The highest BCUT2D eigenvalue weighted by molar-refractivity contribution is 7.86. The summed E-state index contributed by atoms with van der Waals surface area (Å²) in [4.78, 5) is 1.86. The van der Waals surface area contributed by atoms with E-state index >= 15 is 0 Å². The minimum Gasteiger partial charge on any atom is -0.282 e. The van der Waals surface area contributed by atoms with Crippen LogP contribution in [0.3, 0.4) is 0 Å². The van der Waals surface area contributed by atoms with Crippen molar-refractivity contribution in [3.8, 4) is 0 Å². The van der Waals surface area contributed by atoms with Gasteiger partial charge in [0, 0.05) is 11.1 Å². The molecular formula is C30H29N2O3S+. The molecular weight excluding hydrogens is 468 g/mol. The van der Waals surface area contributed by atoms with Crippen LogP contribution < -0.4 is 4.90 Å². The lowest BCUT2D eigenvalue weighted by molar-refractivity contribution is -0.482. The monoisotopic (exact) mass is 497 g/mol. The Balaban J connectivity index is 1.83. The van der Waals surface area contributed by atoms with Crippen LogP contribution in [-0.4, -0.2) is 23.9 Å². The standard InChI is InChI=1S/C30H28N2O3S/c1-21-18-22(2)28(23(3)19-21)32-20-31(26-16-10-11-17-27(26)36(33,34)35)29(24-12-6-4-7-13-24)30(32)25-14-8-5-9-15-25/h4-20,29-30H,1-3H3/p+1/t29-,30-/m0/s1. The predicted octanol–water partition coefficient (Wildman–Crippen LogP) is 6.53. The van der Waals surface area contributed by atoms with Gasteiger partial charge in [0.1, 0.15) is 16.3 Å². The van der Waals surface area contributed by atoms with Gasteiger partial charge in [-0.15, -0.1) is 0 Å². The van der Waals surface area contributed by atoms with Crippen LogP contribution in [0, 0.1) is 20.8 Å². The van der Waals surface area contributed by atoms with Crippen LogP contribution in [0.25, 0.3) is 0 Å². The zero-order valence-electron chi connectivity index (χ0n) is 20.5. The zero-order chi connectivity index (χ0) is 25.4. The Labute approximate surface area is 212 Å². The maximum absolute atomic E-state index is 12.4. The van der Waals surface area contributed by atoms with E-state index in [0.717, 1.165) is 27.9 Å². The molecule has 182 valence electrons. The highest BCUT2D eigenvalue weighted by Gasteiger charge is 2.47. The minimum atomic E-state index is -4.44. The Morgan fingerprint density at radius 3 is 1.86 bits per heavy atom. The molecule has 0 amide bonds. The third kappa shape index (κ3) is 4.34. The van der Waals surface area contributed by atoms with Gasteiger partial charge in [-0.1, -0.05) is 90.5 Å². The van der Waals surface area contributed by atoms with Gasteiger partial charge in [0.2, 0.25) is 6.34 Å². The van der Waals surface area contributed by atoms with Crippen LogP contribution in [-0.2, 0) is 10.1 Å². The Hall–Kier alpha value is -3.74. The topological polar surface area (TPSA) is 60.6 Å². The summed E-state index contributed by atoms with van der Waals surface area (Å²) in [6.07, 6.45) is 1.99. The molecule has 1 N–H and O–H groups in total. The van der Waals surface area contributed by atoms with Gasteiger partial charge in [0.25, 0.3) is 10.1 Å². The molecule has 0 aliphatic carbocycles. The summed E-state index contributed by atoms with van der Waals surface area (Å²) >= 11 is 0. The lowest BCUT2D eigenvalue weighted by Gasteiger charge is -2.25. The Bertz CT molecular complexity index is 1520. The van der Waals surface area contributed by atoms with Crippen molar-refractivity contribution in [3.05, 3.63) is 125 Å². The molecule has 1 aliphatic rings. The molecule has 0 fully saturated rings. The normalized spacial score (nSPS) is 17.8. The first-order valence-electron chi connectivity index (χ1n) is 11.9. The highest BCUT2D eigenvalue weighted by Crippen LogP contribution is 2.47. The number of hydrogen-bond donors (Lipinski definition) is 1. The second-order valence-electron chi connectivity index (χ2n) is 9.33. The van der Waals surface area contributed by atoms with Crippen molar-refractivity contribution in [1.82, 2.24) is 0 Å². The third-order valence-corrected chi connectivity index (χ3v) is 7.65. The molecule has 0 bridgehead atoms. The van der Waals surface area contributed by atoms with Crippen molar-refractivity contribution < 1.29 is 17.5 Å². The van der Waals surface area contributed by atoms with E-state index in [1.54, 1.807) is 18.2 Å². The molecule has 0 saturated carbocycles. The second-order valence-corrected chi connectivity index (χ2v) is 10.7. The van der Waals surface area contributed by atoms with Crippen LogP contribution >= 0.6 is 0 Å². The zero-order valence-corrected chi connectivity index (χ0v) is 21.4. The number of para-hydroxylation sites is 1. The van der Waals surface area contributed by atoms with E-state index in [-0.39, 0.29) is 17.0 Å². The number of rotatable bonds is 5. The van der Waals surface area contributed by atoms with Crippen LogP contribution in [0.2, 0.25) is 0 Å². The Kier molecular flexibility index (Phi) is 6.24. The molecule has 0 radical (unpaired) electrons. The van der Waals surface area contributed by atoms with Gasteiger partial charge in [-0.2, -0.15) is 8.42 Å². The maximum Gasteiger partial charge on any atom is 0.298 e. The average Bonchev–Trinajstić information content (AvgIpc) is 3.24. The number of hydrogen-bond acceptors (Lipinski definition) is 3. The smallest absolute Gasteiger partial charge is 0.282 e. The first-order chi connectivity index (χ1) is 17.3. The fourth-order valence-corrected chi connectivity index (χ4v) is 6.13. The fourth-order valence-electron chi connectivity index (χ4n) is 5.45. The van der Waals surface area contributed by atoms with Crippen molar-refractivity contribution in [2.24, 2.45) is 0 Å². The van der Waals surface area contributed by atoms with E-state index in [1.165, 1.54) is 11.6 Å². The van der Waals surface area contributed by atoms with E-state index in [4.69, 9.17) is 0 Å². The molecule has 6 heteroatoms. The number of benzene rings is 4. The minimum absolute atomic E-state index is 0.117. The molecule has 0 saturated heterocycles. The molecule has 5 nitrogen and oxygen atoms in total. The van der Waals surface area contributed by atoms with Crippen LogP contribution in [0.1, 0.15) is 39.9 Å². The van der Waals surface area contributed by atoms with E-state index in [9.17, 15) is 13.0 Å². The van der Waals surface area contributed by atoms with Crippen molar-refractivity contribution in [3.63, 3.8) is 0 Å². The van der Waals surface area contributed by atoms with Crippen molar-refractivity contribution in [2.45, 2.75) is 37.8 Å². The Morgan fingerprint density at radius 2 is 1.28 bits per heavy atom. The van der Waals surface area contributed by atoms with Gasteiger partial charge in [-0.05, 0) is 44.0 Å². The molecule has 4 aromatic rings. The third-order valence-electron chi connectivity index (χ3n) is 6.74. The molecule has 2 atom stereocenters. The van der Waals surface area contributed by atoms with Crippen LogP contribution in [0.4, 0.5) is 11.4 Å². The van der Waals surface area contributed by atoms with Gasteiger partial charge in [-0.25, -0.2) is 9.48 Å². The molecule has 1 aliphatic heterocycles. The lowest BCUT2D eigenvalue weighted by atomic mass is 9.91. The van der Waals surface area contributed by atoms with Crippen LogP contribution in [0.5, 0.6) is 0 Å². The first kappa shape index (κ1) is 24.0. The average molecular weight is 498 g/mol. The van der Waals surface area contributed by atoms with Crippen LogP contribution in [0.15, 0.2) is 102 Å². The largest absolute Gasteiger partial charge is 0.298 e. The summed E-state index contributed by atoms with van der Waals surface area (Å²) < 4.78 is 37.1. The number of aryl methyl sites for hydroxylation is 3. The Morgan fingerprint density at radius 1 is 0.750 bits per heavy atom. The highest BCUT2D eigenvalue weighted by atomic mass is 32.2. The molecule has 0 spiro atoms. The summed E-state index contributed by atoms with van der Waals surface area (Å²) in [5.74, 6) is 0. The molecule has 36 heavy (non-hydrogen) atoms. The van der Waals surface area contributed by atoms with Crippen molar-refractivity contribution in [1.29, 1.82) is 0 Å². The molecule has 0 aromatic heterocycles. The fraction of sp³-hybridized carbons (Fsp3) is 0.167. The quantitative estimate of drug-likeness (QED) is 0.251. The molecule has 4 aromatic carbocycles. The van der Waals surface area contributed by atoms with Gasteiger partial charge in [0.15, 0.2) is 12.1 Å². The van der Waals surface area contributed by atoms with E-state index in [2.05, 4.69) is 61.7 Å². The van der Waals surface area contributed by atoms with E-state index in [1.807, 2.05) is 47.6 Å². The second kappa shape index (κ2) is 9.37. The van der Waals surface area contributed by atoms with Crippen molar-refractivity contribution >= 4 is 27.8 Å². The lowest BCUT2D eigenvalue weighted by Crippen LogP contribution is -2.27. The molecule has 0 unspecified atom stereocenters. The van der Waals surface area contributed by atoms with Crippen molar-refractivity contribution in [2.75, 3.05) is 4.90 Å².